The molecule has 0 aliphatic carbocycles. The summed E-state index contributed by atoms with van der Waals surface area (Å²) in [6.07, 6.45) is 1.69. The molecule has 2 heterocycles. The van der Waals surface area contributed by atoms with Crippen LogP contribution in [0.15, 0.2) is 41.8 Å². The third-order valence-corrected chi connectivity index (χ3v) is 6.67. The minimum absolute atomic E-state index is 0.0619. The van der Waals surface area contributed by atoms with Crippen molar-refractivity contribution in [3.63, 3.8) is 0 Å². The Morgan fingerprint density at radius 2 is 1.91 bits per heavy atom. The van der Waals surface area contributed by atoms with Crippen molar-refractivity contribution >= 4 is 34.9 Å². The Kier molecular flexibility index (Phi) is 8.49. The molecule has 8 nitrogen and oxygen atoms in total. The average Bonchev–Trinajstić information content (AvgIpc) is 3.33. The van der Waals surface area contributed by atoms with Crippen molar-refractivity contribution in [3.05, 3.63) is 46.7 Å². The fraction of sp³-hybridized carbons (Fsp3) is 0.435. The van der Waals surface area contributed by atoms with Crippen molar-refractivity contribution < 1.29 is 24.2 Å². The number of rotatable bonds is 9. The Balaban J connectivity index is 1.42. The molecule has 1 fully saturated rings. The number of benzene rings is 1. The number of thiophene rings is 1. The highest BCUT2D eigenvalue weighted by molar-refractivity contribution is 7.10. The number of hydrogen-bond donors (Lipinski definition) is 3. The number of carboxylic acids is 1. The quantitative estimate of drug-likeness (QED) is 0.529. The molecular weight excluding hydrogens is 430 g/mol. The van der Waals surface area contributed by atoms with E-state index >= 15 is 0 Å². The maximum Gasteiger partial charge on any atom is 0.321 e. The van der Waals surface area contributed by atoms with Crippen molar-refractivity contribution in [2.75, 3.05) is 32.1 Å². The maximum atomic E-state index is 12.6. The van der Waals surface area contributed by atoms with E-state index < -0.39 is 5.97 Å². The Morgan fingerprint density at radius 1 is 1.16 bits per heavy atom. The van der Waals surface area contributed by atoms with Crippen LogP contribution in [0.4, 0.5) is 10.5 Å². The summed E-state index contributed by atoms with van der Waals surface area (Å²) in [6.45, 7) is 1.75. The van der Waals surface area contributed by atoms with Crippen molar-refractivity contribution in [2.45, 2.75) is 31.6 Å². The molecule has 3 rings (SSSR count). The highest BCUT2D eigenvalue weighted by Gasteiger charge is 2.25. The van der Waals surface area contributed by atoms with E-state index in [0.717, 1.165) is 17.7 Å². The van der Waals surface area contributed by atoms with Crippen LogP contribution in [0.2, 0.25) is 0 Å². The first-order valence-corrected chi connectivity index (χ1v) is 11.5. The van der Waals surface area contributed by atoms with Crippen LogP contribution in [0, 0.1) is 5.92 Å². The first-order valence-electron chi connectivity index (χ1n) is 10.7. The monoisotopic (exact) mass is 459 g/mol. The van der Waals surface area contributed by atoms with Gasteiger partial charge in [-0.15, -0.1) is 11.3 Å². The Hall–Kier alpha value is -3.07. The molecule has 1 aromatic heterocycles. The molecule has 1 saturated heterocycles. The largest absolute Gasteiger partial charge is 0.495 e. The van der Waals surface area contributed by atoms with Crippen molar-refractivity contribution in [1.29, 1.82) is 0 Å². The van der Waals surface area contributed by atoms with Crippen LogP contribution < -0.4 is 15.4 Å². The van der Waals surface area contributed by atoms with Gasteiger partial charge in [-0.1, -0.05) is 18.2 Å². The lowest BCUT2D eigenvalue weighted by Crippen LogP contribution is -2.43. The molecule has 0 spiro atoms. The molecule has 1 aliphatic heterocycles. The fourth-order valence-electron chi connectivity index (χ4n) is 3.84. The van der Waals surface area contributed by atoms with Gasteiger partial charge in [-0.3, -0.25) is 9.59 Å². The lowest BCUT2D eigenvalue weighted by Gasteiger charge is -2.32. The topological polar surface area (TPSA) is 108 Å². The first kappa shape index (κ1) is 23.6. The van der Waals surface area contributed by atoms with Gasteiger partial charge in [-0.25, -0.2) is 4.79 Å². The van der Waals surface area contributed by atoms with E-state index in [1.54, 1.807) is 24.1 Å². The number of methoxy groups -OCH3 is 1. The number of nitrogens with zero attached hydrogens (tertiary/aromatic N) is 1. The number of carbonyl (C=O) groups excluding carboxylic acids is 2. The number of carbonyl (C=O) groups is 3. The number of ether oxygens (including phenoxy) is 1. The van der Waals surface area contributed by atoms with Gasteiger partial charge in [0.2, 0.25) is 5.91 Å². The summed E-state index contributed by atoms with van der Waals surface area (Å²) in [6, 6.07) is 10.9. The number of nitrogens with one attached hydrogen (secondary N) is 2. The van der Waals surface area contributed by atoms with Crippen LogP contribution in [0.1, 0.15) is 36.5 Å². The minimum Gasteiger partial charge on any atom is -0.495 e. The summed E-state index contributed by atoms with van der Waals surface area (Å²) in [4.78, 5) is 38.8. The van der Waals surface area contributed by atoms with Crippen molar-refractivity contribution in [3.8, 4) is 5.75 Å². The number of anilines is 1. The predicted molar refractivity (Wildman–Crippen MR) is 123 cm³/mol. The predicted octanol–water partition coefficient (Wildman–Crippen LogP) is 3.77. The van der Waals surface area contributed by atoms with Gasteiger partial charge in [0.1, 0.15) is 5.75 Å². The smallest absolute Gasteiger partial charge is 0.321 e. The van der Waals surface area contributed by atoms with Crippen molar-refractivity contribution in [2.24, 2.45) is 5.92 Å². The highest BCUT2D eigenvalue weighted by Crippen LogP contribution is 2.28. The van der Waals surface area contributed by atoms with Gasteiger partial charge in [-0.05, 0) is 42.3 Å². The molecule has 2 aromatic rings. The molecule has 172 valence electrons. The average molecular weight is 460 g/mol. The number of urea groups is 1. The van der Waals surface area contributed by atoms with E-state index in [4.69, 9.17) is 9.84 Å². The summed E-state index contributed by atoms with van der Waals surface area (Å²) in [5, 5.41) is 16.9. The number of para-hydroxylation sites is 2. The number of piperidine rings is 1. The zero-order valence-corrected chi connectivity index (χ0v) is 18.9. The van der Waals surface area contributed by atoms with E-state index in [1.807, 2.05) is 29.6 Å². The molecule has 9 heteroatoms. The van der Waals surface area contributed by atoms with Crippen molar-refractivity contribution in [1.82, 2.24) is 10.2 Å². The number of aliphatic carboxylic acids is 1. The van der Waals surface area contributed by atoms with Gasteiger partial charge >= 0.3 is 12.0 Å². The minimum atomic E-state index is -0.907. The van der Waals surface area contributed by atoms with Gasteiger partial charge < -0.3 is 25.4 Å². The summed E-state index contributed by atoms with van der Waals surface area (Å²) in [5.41, 5.74) is 0.635. The maximum absolute atomic E-state index is 12.6. The van der Waals surface area contributed by atoms with Gasteiger partial charge in [0.25, 0.3) is 0 Å². The molecular formula is C23H29N3O5S. The molecule has 0 unspecified atom stereocenters. The number of hydrogen-bond acceptors (Lipinski definition) is 5. The standard InChI is InChI=1S/C23H29N3O5S/c1-31-19-6-3-2-5-18(19)25-23(30)26-10-8-16(9-11-26)15-24-21(27)13-17(14-22(28)29)20-7-4-12-32-20/h2-7,12,16-17H,8-11,13-15H2,1H3,(H,24,27)(H,25,30)(H,28,29)/t17-/m0/s1. The molecule has 0 saturated carbocycles. The molecule has 3 amide bonds. The summed E-state index contributed by atoms with van der Waals surface area (Å²) in [7, 11) is 1.56. The summed E-state index contributed by atoms with van der Waals surface area (Å²) in [5.74, 6) is -0.458. The van der Waals surface area contributed by atoms with Gasteiger partial charge in [0.05, 0.1) is 19.2 Å². The normalized spacial score (nSPS) is 15.1. The summed E-state index contributed by atoms with van der Waals surface area (Å²) < 4.78 is 5.27. The van der Waals surface area contributed by atoms with E-state index in [-0.39, 0.29) is 36.6 Å². The van der Waals surface area contributed by atoms with Gasteiger partial charge in [0, 0.05) is 36.9 Å². The lowest BCUT2D eigenvalue weighted by molar-refractivity contribution is -0.137. The van der Waals surface area contributed by atoms with Gasteiger partial charge in [0.15, 0.2) is 0 Å². The molecule has 1 atom stereocenters. The van der Waals surface area contributed by atoms with Crippen LogP contribution in [-0.2, 0) is 9.59 Å². The molecule has 32 heavy (non-hydrogen) atoms. The molecule has 0 radical (unpaired) electrons. The lowest BCUT2D eigenvalue weighted by atomic mass is 9.96. The van der Waals surface area contributed by atoms with Crippen LogP contribution in [-0.4, -0.2) is 54.7 Å². The Bertz CT molecular complexity index is 910. The second-order valence-corrected chi connectivity index (χ2v) is 8.86. The molecule has 0 bridgehead atoms. The van der Waals surface area contributed by atoms with Gasteiger partial charge in [-0.2, -0.15) is 0 Å². The van der Waals surface area contributed by atoms with Crippen LogP contribution in [0.5, 0.6) is 5.75 Å². The zero-order chi connectivity index (χ0) is 22.9. The van der Waals surface area contributed by atoms with Crippen LogP contribution in [0.25, 0.3) is 0 Å². The van der Waals surface area contributed by atoms with E-state index in [9.17, 15) is 14.4 Å². The van der Waals surface area contributed by atoms with E-state index in [0.29, 0.717) is 31.1 Å². The summed E-state index contributed by atoms with van der Waals surface area (Å²) >= 11 is 1.47. The molecule has 1 aliphatic rings. The van der Waals surface area contributed by atoms with Crippen LogP contribution in [0.3, 0.4) is 0 Å². The second-order valence-electron chi connectivity index (χ2n) is 7.88. The number of likely N-dealkylation sites (tertiary alicyclic amines) is 1. The fourth-order valence-corrected chi connectivity index (χ4v) is 4.67. The Labute approximate surface area is 191 Å². The Morgan fingerprint density at radius 3 is 2.56 bits per heavy atom. The number of amides is 3. The van der Waals surface area contributed by atoms with E-state index in [2.05, 4.69) is 10.6 Å². The molecule has 3 N–H and O–H groups in total. The second kappa shape index (κ2) is 11.5. The molecule has 1 aromatic carbocycles. The zero-order valence-electron chi connectivity index (χ0n) is 18.1. The van der Waals surface area contributed by atoms with E-state index in [1.165, 1.54) is 11.3 Å². The third-order valence-electron chi connectivity index (χ3n) is 5.64. The first-order chi connectivity index (χ1) is 15.5. The highest BCUT2D eigenvalue weighted by atomic mass is 32.1. The number of carboxylic acid groups (broad SMARTS) is 1. The SMILES string of the molecule is COc1ccccc1NC(=O)N1CCC(CNC(=O)C[C@@H](CC(=O)O)c2cccs2)CC1. The van der Waals surface area contributed by atoms with Crippen LogP contribution >= 0.6 is 11.3 Å². The third kappa shape index (κ3) is 6.71.